The van der Waals surface area contributed by atoms with E-state index in [4.69, 9.17) is 16.6 Å². The first-order valence-electron chi connectivity index (χ1n) is 9.17. The standard InChI is InChI=1S/C22H21ClN2O/c1-2-14-6-5-7-16(12-14)24-22(26)15-10-11-18-20(13-15)25-19-9-4-3-8-17(19)21(18)23/h5-7,10-13H,2-4,8-9H2,1H3,(H,24,26). The quantitative estimate of drug-likeness (QED) is 0.659. The predicted octanol–water partition coefficient (Wildman–Crippen LogP) is 5.58. The third-order valence-electron chi connectivity index (χ3n) is 5.05. The van der Waals surface area contributed by atoms with Gasteiger partial charge in [-0.3, -0.25) is 9.78 Å². The summed E-state index contributed by atoms with van der Waals surface area (Å²) >= 11 is 6.61. The number of pyridine rings is 1. The SMILES string of the molecule is CCc1cccc(NC(=O)c2ccc3c(Cl)c4c(nc3c2)CCCC4)c1. The second-order valence-electron chi connectivity index (χ2n) is 6.80. The van der Waals surface area contributed by atoms with E-state index in [1.807, 2.05) is 36.4 Å². The Kier molecular flexibility index (Phi) is 4.64. The molecule has 1 aliphatic rings. The number of hydrogen-bond acceptors (Lipinski definition) is 2. The largest absolute Gasteiger partial charge is 0.322 e. The van der Waals surface area contributed by atoms with Gasteiger partial charge in [0.2, 0.25) is 0 Å². The number of carbonyl (C=O) groups is 1. The van der Waals surface area contributed by atoms with Gasteiger partial charge in [-0.1, -0.05) is 36.7 Å². The molecule has 132 valence electrons. The number of rotatable bonds is 3. The molecule has 26 heavy (non-hydrogen) atoms. The molecule has 0 unspecified atom stereocenters. The van der Waals surface area contributed by atoms with Gasteiger partial charge in [0.05, 0.1) is 10.5 Å². The highest BCUT2D eigenvalue weighted by Gasteiger charge is 2.18. The summed E-state index contributed by atoms with van der Waals surface area (Å²) in [7, 11) is 0. The average Bonchev–Trinajstić information content (AvgIpc) is 2.68. The molecule has 1 amide bonds. The molecule has 0 atom stereocenters. The molecule has 2 aromatic carbocycles. The minimum atomic E-state index is -0.129. The molecular weight excluding hydrogens is 344 g/mol. The summed E-state index contributed by atoms with van der Waals surface area (Å²) < 4.78 is 0. The maximum Gasteiger partial charge on any atom is 0.255 e. The Morgan fingerprint density at radius 1 is 1.15 bits per heavy atom. The van der Waals surface area contributed by atoms with Gasteiger partial charge in [-0.2, -0.15) is 0 Å². The fourth-order valence-corrected chi connectivity index (χ4v) is 3.94. The number of aryl methyl sites for hydroxylation is 2. The van der Waals surface area contributed by atoms with Gasteiger partial charge in [0.25, 0.3) is 5.91 Å². The van der Waals surface area contributed by atoms with E-state index in [0.717, 1.165) is 59.4 Å². The van der Waals surface area contributed by atoms with Gasteiger partial charge in [-0.25, -0.2) is 0 Å². The molecule has 0 spiro atoms. The van der Waals surface area contributed by atoms with Gasteiger partial charge < -0.3 is 5.32 Å². The molecule has 4 rings (SSSR count). The van der Waals surface area contributed by atoms with Crippen molar-refractivity contribution >= 4 is 34.1 Å². The van der Waals surface area contributed by atoms with E-state index in [1.54, 1.807) is 0 Å². The van der Waals surface area contributed by atoms with E-state index in [2.05, 4.69) is 18.3 Å². The third kappa shape index (κ3) is 3.19. The normalized spacial score (nSPS) is 13.5. The molecule has 1 heterocycles. The average molecular weight is 365 g/mol. The van der Waals surface area contributed by atoms with E-state index >= 15 is 0 Å². The van der Waals surface area contributed by atoms with Gasteiger partial charge in [0, 0.05) is 22.3 Å². The summed E-state index contributed by atoms with van der Waals surface area (Å²) in [5.74, 6) is -0.129. The summed E-state index contributed by atoms with van der Waals surface area (Å²) in [5, 5.41) is 4.70. The number of halogens is 1. The maximum absolute atomic E-state index is 12.7. The van der Waals surface area contributed by atoms with Crippen LogP contribution >= 0.6 is 11.6 Å². The lowest BCUT2D eigenvalue weighted by Crippen LogP contribution is -2.12. The number of amides is 1. The molecule has 0 saturated carbocycles. The van der Waals surface area contributed by atoms with Crippen LogP contribution in [0.1, 0.15) is 46.9 Å². The third-order valence-corrected chi connectivity index (χ3v) is 5.48. The number of benzene rings is 2. The Bertz CT molecular complexity index is 997. The zero-order chi connectivity index (χ0) is 18.1. The molecule has 0 aliphatic heterocycles. The van der Waals surface area contributed by atoms with E-state index in [9.17, 15) is 4.79 Å². The Morgan fingerprint density at radius 3 is 2.85 bits per heavy atom. The molecule has 1 N–H and O–H groups in total. The van der Waals surface area contributed by atoms with Gasteiger partial charge in [0.1, 0.15) is 0 Å². The number of aromatic nitrogens is 1. The van der Waals surface area contributed by atoms with Crippen LogP contribution in [0.5, 0.6) is 0 Å². The van der Waals surface area contributed by atoms with Crippen molar-refractivity contribution in [1.29, 1.82) is 0 Å². The molecule has 1 aliphatic carbocycles. The van der Waals surface area contributed by atoms with Crippen LogP contribution in [-0.4, -0.2) is 10.9 Å². The highest BCUT2D eigenvalue weighted by atomic mass is 35.5. The zero-order valence-corrected chi connectivity index (χ0v) is 15.6. The minimum absolute atomic E-state index is 0.129. The van der Waals surface area contributed by atoms with E-state index < -0.39 is 0 Å². The summed E-state index contributed by atoms with van der Waals surface area (Å²) in [6.45, 7) is 2.10. The Hall–Kier alpha value is -2.39. The summed E-state index contributed by atoms with van der Waals surface area (Å²) in [6, 6.07) is 13.5. The van der Waals surface area contributed by atoms with E-state index in [1.165, 1.54) is 11.1 Å². The molecule has 1 aromatic heterocycles. The van der Waals surface area contributed by atoms with Crippen LogP contribution in [-0.2, 0) is 19.3 Å². The van der Waals surface area contributed by atoms with Crippen molar-refractivity contribution in [2.75, 3.05) is 5.32 Å². The lowest BCUT2D eigenvalue weighted by Gasteiger charge is -2.18. The van der Waals surface area contributed by atoms with E-state index in [0.29, 0.717) is 5.56 Å². The van der Waals surface area contributed by atoms with Crippen LogP contribution in [0.15, 0.2) is 42.5 Å². The van der Waals surface area contributed by atoms with Crippen molar-refractivity contribution in [2.45, 2.75) is 39.0 Å². The maximum atomic E-state index is 12.7. The number of anilines is 1. The first-order chi connectivity index (χ1) is 12.7. The second-order valence-corrected chi connectivity index (χ2v) is 7.18. The van der Waals surface area contributed by atoms with Crippen LogP contribution in [0.2, 0.25) is 5.02 Å². The molecule has 0 radical (unpaired) electrons. The molecule has 3 aromatic rings. The number of nitrogens with zero attached hydrogens (tertiary/aromatic N) is 1. The van der Waals surface area contributed by atoms with Gasteiger partial charge >= 0.3 is 0 Å². The van der Waals surface area contributed by atoms with Gasteiger partial charge in [-0.05, 0) is 67.5 Å². The van der Waals surface area contributed by atoms with Crippen molar-refractivity contribution in [3.8, 4) is 0 Å². The fraction of sp³-hybridized carbons (Fsp3) is 0.273. The highest BCUT2D eigenvalue weighted by molar-refractivity contribution is 6.36. The Balaban J connectivity index is 1.67. The lowest BCUT2D eigenvalue weighted by molar-refractivity contribution is 0.102. The van der Waals surface area contributed by atoms with Crippen LogP contribution in [0.3, 0.4) is 0 Å². The van der Waals surface area contributed by atoms with Crippen molar-refractivity contribution in [3.05, 3.63) is 69.9 Å². The van der Waals surface area contributed by atoms with Crippen molar-refractivity contribution in [3.63, 3.8) is 0 Å². The van der Waals surface area contributed by atoms with Gasteiger partial charge in [-0.15, -0.1) is 0 Å². The number of fused-ring (bicyclic) bond motifs is 2. The molecule has 3 nitrogen and oxygen atoms in total. The first-order valence-corrected chi connectivity index (χ1v) is 9.55. The number of nitrogens with one attached hydrogen (secondary N) is 1. The molecular formula is C22H21ClN2O. The monoisotopic (exact) mass is 364 g/mol. The molecule has 0 saturated heterocycles. The molecule has 4 heteroatoms. The molecule has 0 bridgehead atoms. The first kappa shape index (κ1) is 17.0. The number of hydrogen-bond donors (Lipinski definition) is 1. The van der Waals surface area contributed by atoms with Crippen LogP contribution in [0, 0.1) is 0 Å². The highest BCUT2D eigenvalue weighted by Crippen LogP contribution is 2.33. The van der Waals surface area contributed by atoms with Crippen molar-refractivity contribution < 1.29 is 4.79 Å². The van der Waals surface area contributed by atoms with E-state index in [-0.39, 0.29) is 5.91 Å². The zero-order valence-electron chi connectivity index (χ0n) is 14.8. The Labute approximate surface area is 158 Å². The van der Waals surface area contributed by atoms with Gasteiger partial charge in [0.15, 0.2) is 0 Å². The molecule has 0 fully saturated rings. The second kappa shape index (κ2) is 7.08. The fourth-order valence-electron chi connectivity index (χ4n) is 3.58. The summed E-state index contributed by atoms with van der Waals surface area (Å²) in [5.41, 5.74) is 5.66. The van der Waals surface area contributed by atoms with Crippen LogP contribution in [0.25, 0.3) is 10.9 Å². The van der Waals surface area contributed by atoms with Crippen molar-refractivity contribution in [2.24, 2.45) is 0 Å². The summed E-state index contributed by atoms with van der Waals surface area (Å²) in [6.07, 6.45) is 5.21. The lowest BCUT2D eigenvalue weighted by atomic mass is 9.94. The summed E-state index contributed by atoms with van der Waals surface area (Å²) in [4.78, 5) is 17.4. The Morgan fingerprint density at radius 2 is 2.00 bits per heavy atom. The smallest absolute Gasteiger partial charge is 0.255 e. The topological polar surface area (TPSA) is 42.0 Å². The van der Waals surface area contributed by atoms with Crippen LogP contribution in [0.4, 0.5) is 5.69 Å². The minimum Gasteiger partial charge on any atom is -0.322 e. The predicted molar refractivity (Wildman–Crippen MR) is 107 cm³/mol. The number of carbonyl (C=O) groups excluding carboxylic acids is 1. The van der Waals surface area contributed by atoms with Crippen molar-refractivity contribution in [1.82, 2.24) is 4.98 Å². The van der Waals surface area contributed by atoms with Crippen LogP contribution < -0.4 is 5.32 Å².